The van der Waals surface area contributed by atoms with Crippen molar-refractivity contribution in [1.29, 1.82) is 0 Å². The molecular formula is C15H12ClF2N3. The molecule has 1 aromatic heterocycles. The summed E-state index contributed by atoms with van der Waals surface area (Å²) in [6, 6.07) is 8.64. The third-order valence-corrected chi connectivity index (χ3v) is 3.79. The smallest absolute Gasteiger partial charge is 0.201 e. The van der Waals surface area contributed by atoms with E-state index in [9.17, 15) is 8.78 Å². The van der Waals surface area contributed by atoms with Crippen LogP contribution in [0.2, 0.25) is 5.02 Å². The zero-order valence-electron chi connectivity index (χ0n) is 11.1. The van der Waals surface area contributed by atoms with Crippen molar-refractivity contribution < 1.29 is 8.78 Å². The first kappa shape index (κ1) is 13.8. The van der Waals surface area contributed by atoms with Gasteiger partial charge < -0.3 is 10.3 Å². The van der Waals surface area contributed by atoms with E-state index < -0.39 is 11.9 Å². The molecule has 0 radical (unpaired) electrons. The molecule has 0 fully saturated rings. The molecule has 3 rings (SSSR count). The predicted molar refractivity (Wildman–Crippen MR) is 79.3 cm³/mol. The lowest BCUT2D eigenvalue weighted by Gasteiger charge is -2.17. The van der Waals surface area contributed by atoms with Crippen LogP contribution in [0, 0.1) is 11.6 Å². The lowest BCUT2D eigenvalue weighted by atomic mass is 10.1. The Morgan fingerprint density at radius 1 is 1.19 bits per heavy atom. The molecular weight excluding hydrogens is 296 g/mol. The van der Waals surface area contributed by atoms with Crippen LogP contribution in [0.5, 0.6) is 0 Å². The Morgan fingerprint density at radius 2 is 1.90 bits per heavy atom. The summed E-state index contributed by atoms with van der Waals surface area (Å²) < 4.78 is 29.2. The van der Waals surface area contributed by atoms with Crippen LogP contribution in [0.1, 0.15) is 18.5 Å². The summed E-state index contributed by atoms with van der Waals surface area (Å²) in [6.45, 7) is 1.78. The number of halogens is 3. The molecule has 0 saturated heterocycles. The molecule has 1 unspecified atom stereocenters. The first-order valence-corrected chi connectivity index (χ1v) is 6.73. The molecule has 0 aliphatic carbocycles. The number of fused-ring (bicyclic) bond motifs is 1. The molecule has 0 aliphatic rings. The summed E-state index contributed by atoms with van der Waals surface area (Å²) >= 11 is 5.75. The fraction of sp³-hybridized carbons (Fsp3) is 0.133. The van der Waals surface area contributed by atoms with Crippen molar-refractivity contribution in [3.63, 3.8) is 0 Å². The zero-order valence-corrected chi connectivity index (χ0v) is 11.9. The molecule has 0 aliphatic heterocycles. The van der Waals surface area contributed by atoms with Crippen LogP contribution in [-0.2, 0) is 0 Å². The van der Waals surface area contributed by atoms with Crippen molar-refractivity contribution in [3.8, 4) is 0 Å². The monoisotopic (exact) mass is 307 g/mol. The van der Waals surface area contributed by atoms with Crippen LogP contribution in [0.25, 0.3) is 11.0 Å². The predicted octanol–water partition coefficient (Wildman–Crippen LogP) is 4.16. The number of benzene rings is 2. The number of aromatic nitrogens is 2. The quantitative estimate of drug-likeness (QED) is 0.772. The molecule has 3 aromatic rings. The zero-order chi connectivity index (χ0) is 15.1. The van der Waals surface area contributed by atoms with E-state index in [1.54, 1.807) is 29.7 Å². The average Bonchev–Trinajstić information content (AvgIpc) is 2.74. The summed E-state index contributed by atoms with van der Waals surface area (Å²) in [4.78, 5) is 4.16. The molecule has 6 heteroatoms. The van der Waals surface area contributed by atoms with Gasteiger partial charge in [0.05, 0.1) is 22.1 Å². The summed E-state index contributed by atoms with van der Waals surface area (Å²) in [5.41, 5.74) is 7.31. The van der Waals surface area contributed by atoms with Gasteiger partial charge in [0.25, 0.3) is 0 Å². The summed E-state index contributed by atoms with van der Waals surface area (Å²) in [5, 5.41) is -0.0225. The lowest BCUT2D eigenvalue weighted by Crippen LogP contribution is -2.11. The first-order valence-electron chi connectivity index (χ1n) is 6.36. The normalized spacial score (nSPS) is 12.8. The van der Waals surface area contributed by atoms with Crippen LogP contribution in [0.4, 0.5) is 14.7 Å². The number of imidazole rings is 1. The molecule has 0 amide bonds. The Morgan fingerprint density at radius 3 is 2.62 bits per heavy atom. The minimum absolute atomic E-state index is 0.0225. The van der Waals surface area contributed by atoms with Crippen molar-refractivity contribution in [2.24, 2.45) is 0 Å². The highest BCUT2D eigenvalue weighted by Crippen LogP contribution is 2.31. The average molecular weight is 308 g/mol. The number of nitrogen functional groups attached to an aromatic ring is 1. The van der Waals surface area contributed by atoms with E-state index in [0.717, 1.165) is 0 Å². The van der Waals surface area contributed by atoms with E-state index in [1.807, 2.05) is 0 Å². The largest absolute Gasteiger partial charge is 0.369 e. The van der Waals surface area contributed by atoms with Gasteiger partial charge in [0, 0.05) is 11.6 Å². The van der Waals surface area contributed by atoms with E-state index in [2.05, 4.69) is 4.98 Å². The maximum Gasteiger partial charge on any atom is 0.201 e. The number of rotatable bonds is 2. The number of anilines is 1. The molecule has 1 heterocycles. The molecule has 0 spiro atoms. The van der Waals surface area contributed by atoms with Gasteiger partial charge in [0.1, 0.15) is 11.6 Å². The standard InChI is InChI=1S/C15H12ClF2N3/c1-8(9-4-2-3-5-11(9)17)21-14-7-12(18)10(16)6-13(14)20-15(21)19/h2-8H,1H3,(H2,19,20). The number of nitrogens with two attached hydrogens (primary N) is 1. The van der Waals surface area contributed by atoms with Crippen molar-refractivity contribution in [2.75, 3.05) is 5.73 Å². The van der Waals surface area contributed by atoms with Gasteiger partial charge in [-0.1, -0.05) is 29.8 Å². The fourth-order valence-corrected chi connectivity index (χ4v) is 2.63. The second-order valence-corrected chi connectivity index (χ2v) is 5.20. The molecule has 2 aromatic carbocycles. The van der Waals surface area contributed by atoms with E-state index in [4.69, 9.17) is 17.3 Å². The second kappa shape index (κ2) is 5.00. The second-order valence-electron chi connectivity index (χ2n) is 4.79. The number of nitrogens with zero attached hydrogens (tertiary/aromatic N) is 2. The highest BCUT2D eigenvalue weighted by atomic mass is 35.5. The van der Waals surface area contributed by atoms with E-state index in [0.29, 0.717) is 16.6 Å². The number of hydrogen-bond acceptors (Lipinski definition) is 2. The minimum Gasteiger partial charge on any atom is -0.369 e. The third-order valence-electron chi connectivity index (χ3n) is 3.50. The van der Waals surface area contributed by atoms with E-state index in [-0.39, 0.29) is 16.8 Å². The van der Waals surface area contributed by atoms with Crippen LogP contribution in [0.3, 0.4) is 0 Å². The highest BCUT2D eigenvalue weighted by Gasteiger charge is 2.19. The van der Waals surface area contributed by atoms with Crippen LogP contribution in [0.15, 0.2) is 36.4 Å². The molecule has 21 heavy (non-hydrogen) atoms. The lowest BCUT2D eigenvalue weighted by molar-refractivity contribution is 0.566. The topological polar surface area (TPSA) is 43.8 Å². The summed E-state index contributed by atoms with van der Waals surface area (Å²) in [6.07, 6.45) is 0. The van der Waals surface area contributed by atoms with E-state index in [1.165, 1.54) is 18.2 Å². The molecule has 2 N–H and O–H groups in total. The van der Waals surface area contributed by atoms with Crippen molar-refractivity contribution in [1.82, 2.24) is 9.55 Å². The van der Waals surface area contributed by atoms with Crippen LogP contribution in [-0.4, -0.2) is 9.55 Å². The van der Waals surface area contributed by atoms with Gasteiger partial charge in [-0.15, -0.1) is 0 Å². The SMILES string of the molecule is CC(c1ccccc1F)n1c(N)nc2cc(Cl)c(F)cc21. The van der Waals surface area contributed by atoms with Gasteiger partial charge in [-0.2, -0.15) is 0 Å². The highest BCUT2D eigenvalue weighted by molar-refractivity contribution is 6.31. The van der Waals surface area contributed by atoms with Gasteiger partial charge in [0.2, 0.25) is 5.95 Å². The molecule has 108 valence electrons. The Hall–Kier alpha value is -2.14. The van der Waals surface area contributed by atoms with Crippen LogP contribution >= 0.6 is 11.6 Å². The Balaban J connectivity index is 2.22. The Labute approximate surface area is 125 Å². The van der Waals surface area contributed by atoms with Crippen LogP contribution < -0.4 is 5.73 Å². The van der Waals surface area contributed by atoms with Crippen molar-refractivity contribution in [2.45, 2.75) is 13.0 Å². The Kier molecular flexibility index (Phi) is 3.29. The van der Waals surface area contributed by atoms with Gasteiger partial charge in [-0.05, 0) is 19.1 Å². The molecule has 0 saturated carbocycles. The van der Waals surface area contributed by atoms with Gasteiger partial charge in [-0.3, -0.25) is 0 Å². The third kappa shape index (κ3) is 2.23. The molecule has 3 nitrogen and oxygen atoms in total. The van der Waals surface area contributed by atoms with E-state index >= 15 is 0 Å². The fourth-order valence-electron chi connectivity index (χ4n) is 2.47. The van der Waals surface area contributed by atoms with Crippen molar-refractivity contribution >= 4 is 28.6 Å². The summed E-state index contributed by atoms with van der Waals surface area (Å²) in [5.74, 6) is -0.728. The van der Waals surface area contributed by atoms with Gasteiger partial charge >= 0.3 is 0 Å². The first-order chi connectivity index (χ1) is 9.99. The Bertz CT molecular complexity index is 829. The minimum atomic E-state index is -0.564. The molecule has 0 bridgehead atoms. The van der Waals surface area contributed by atoms with Gasteiger partial charge in [-0.25, -0.2) is 13.8 Å². The summed E-state index contributed by atoms with van der Waals surface area (Å²) in [7, 11) is 0. The number of hydrogen-bond donors (Lipinski definition) is 1. The van der Waals surface area contributed by atoms with Crippen molar-refractivity contribution in [3.05, 3.63) is 58.6 Å². The molecule has 1 atom stereocenters. The van der Waals surface area contributed by atoms with Gasteiger partial charge in [0.15, 0.2) is 0 Å². The maximum atomic E-state index is 13.9. The maximum absolute atomic E-state index is 13.9.